The van der Waals surface area contributed by atoms with Gasteiger partial charge in [-0.25, -0.2) is 4.39 Å². The summed E-state index contributed by atoms with van der Waals surface area (Å²) in [6.07, 6.45) is 0. The van der Waals surface area contributed by atoms with Gasteiger partial charge in [-0.1, -0.05) is 42.1 Å². The lowest BCUT2D eigenvalue weighted by atomic mass is 10.1. The van der Waals surface area contributed by atoms with Gasteiger partial charge in [0.2, 0.25) is 5.91 Å². The lowest BCUT2D eigenvalue weighted by Crippen LogP contribution is -2.49. The van der Waals surface area contributed by atoms with E-state index in [0.717, 1.165) is 17.4 Å². The van der Waals surface area contributed by atoms with E-state index in [1.165, 1.54) is 12.1 Å². The molecule has 1 saturated heterocycles. The van der Waals surface area contributed by atoms with Crippen molar-refractivity contribution in [1.82, 2.24) is 15.1 Å². The zero-order valence-electron chi connectivity index (χ0n) is 21.0. The highest BCUT2D eigenvalue weighted by molar-refractivity contribution is 7.99. The second-order valence-corrected chi connectivity index (χ2v) is 9.63. The van der Waals surface area contributed by atoms with Gasteiger partial charge in [-0.05, 0) is 48.5 Å². The molecule has 2 amide bonds. The molecule has 0 atom stereocenters. The third-order valence-electron chi connectivity index (χ3n) is 6.07. The van der Waals surface area contributed by atoms with Gasteiger partial charge in [-0.3, -0.25) is 9.59 Å². The summed E-state index contributed by atoms with van der Waals surface area (Å²) in [5.41, 5.74) is 1.75. The molecule has 1 aromatic heterocycles. The standard InChI is InChI=1S/C28H26FN5O4S/c29-24-9-5-4-8-23(24)27(36)34-16-14-33(15-17-34)21-12-10-20(11-13-21)30-25(35)19-39-28-32-31-26(38-28)18-37-22-6-2-1-3-7-22/h1-13H,14-19H2,(H,30,35). The van der Waals surface area contributed by atoms with Crippen LogP contribution in [-0.2, 0) is 11.4 Å². The van der Waals surface area contributed by atoms with Crippen molar-refractivity contribution in [3.63, 3.8) is 0 Å². The molecule has 0 aliphatic carbocycles. The van der Waals surface area contributed by atoms with E-state index in [1.807, 2.05) is 54.6 Å². The van der Waals surface area contributed by atoms with Gasteiger partial charge in [-0.2, -0.15) is 0 Å². The first-order chi connectivity index (χ1) is 19.0. The Labute approximate surface area is 229 Å². The van der Waals surface area contributed by atoms with Crippen LogP contribution in [0.4, 0.5) is 15.8 Å². The van der Waals surface area contributed by atoms with E-state index < -0.39 is 5.82 Å². The number of para-hydroxylation sites is 1. The van der Waals surface area contributed by atoms with Crippen molar-refractivity contribution in [2.75, 3.05) is 42.1 Å². The molecule has 0 saturated carbocycles. The first kappa shape index (κ1) is 26.2. The first-order valence-electron chi connectivity index (χ1n) is 12.4. The maximum absolute atomic E-state index is 14.0. The van der Waals surface area contributed by atoms with Gasteiger partial charge in [-0.15, -0.1) is 10.2 Å². The number of nitrogens with one attached hydrogen (secondary N) is 1. The molecule has 5 rings (SSSR count). The minimum Gasteiger partial charge on any atom is -0.484 e. The zero-order valence-corrected chi connectivity index (χ0v) is 21.8. The molecular formula is C28H26FN5O4S. The number of anilines is 2. The molecule has 1 aliphatic heterocycles. The van der Waals surface area contributed by atoms with Crippen LogP contribution in [0.3, 0.4) is 0 Å². The second-order valence-electron chi connectivity index (χ2n) is 8.71. The number of thioether (sulfide) groups is 1. The molecule has 1 aliphatic rings. The topological polar surface area (TPSA) is 101 Å². The highest BCUT2D eigenvalue weighted by atomic mass is 32.2. The second kappa shape index (κ2) is 12.4. The minimum atomic E-state index is -0.503. The van der Waals surface area contributed by atoms with Crippen LogP contribution < -0.4 is 15.0 Å². The average Bonchev–Trinajstić information content (AvgIpc) is 3.44. The van der Waals surface area contributed by atoms with Gasteiger partial charge >= 0.3 is 0 Å². The molecule has 0 radical (unpaired) electrons. The predicted molar refractivity (Wildman–Crippen MR) is 145 cm³/mol. The van der Waals surface area contributed by atoms with Crippen LogP contribution in [-0.4, -0.2) is 58.8 Å². The molecule has 39 heavy (non-hydrogen) atoms. The van der Waals surface area contributed by atoms with Crippen LogP contribution in [0.15, 0.2) is 88.5 Å². The molecule has 0 spiro atoms. The molecule has 11 heteroatoms. The van der Waals surface area contributed by atoms with Crippen LogP contribution in [0.2, 0.25) is 0 Å². The van der Waals surface area contributed by atoms with Crippen LogP contribution >= 0.6 is 11.8 Å². The van der Waals surface area contributed by atoms with E-state index >= 15 is 0 Å². The number of hydrogen-bond donors (Lipinski definition) is 1. The molecule has 9 nitrogen and oxygen atoms in total. The van der Waals surface area contributed by atoms with Crippen LogP contribution in [0, 0.1) is 5.82 Å². The molecule has 2 heterocycles. The van der Waals surface area contributed by atoms with Gasteiger partial charge in [0.25, 0.3) is 17.0 Å². The Bertz CT molecular complexity index is 1410. The van der Waals surface area contributed by atoms with Crippen molar-refractivity contribution in [3.8, 4) is 5.75 Å². The van der Waals surface area contributed by atoms with Gasteiger partial charge in [0.05, 0.1) is 11.3 Å². The average molecular weight is 548 g/mol. The highest BCUT2D eigenvalue weighted by Crippen LogP contribution is 2.22. The number of piperazine rings is 1. The summed E-state index contributed by atoms with van der Waals surface area (Å²) in [6.45, 7) is 2.40. The van der Waals surface area contributed by atoms with Crippen LogP contribution in [0.5, 0.6) is 5.75 Å². The Balaban J connectivity index is 1.05. The maximum Gasteiger partial charge on any atom is 0.277 e. The fourth-order valence-corrected chi connectivity index (χ4v) is 4.65. The van der Waals surface area contributed by atoms with Gasteiger partial charge in [0.15, 0.2) is 6.61 Å². The Hall–Kier alpha value is -4.38. The monoisotopic (exact) mass is 547 g/mol. The third-order valence-corrected chi connectivity index (χ3v) is 6.89. The molecular weight excluding hydrogens is 521 g/mol. The normalized spacial score (nSPS) is 13.3. The SMILES string of the molecule is O=C(CSc1nnc(COc2ccccc2)o1)Nc1ccc(N2CCN(C(=O)c3ccccc3F)CC2)cc1. The van der Waals surface area contributed by atoms with Crippen molar-refractivity contribution < 1.29 is 23.1 Å². The molecule has 4 aromatic rings. The lowest BCUT2D eigenvalue weighted by molar-refractivity contribution is -0.113. The van der Waals surface area contributed by atoms with E-state index in [9.17, 15) is 14.0 Å². The molecule has 1 fully saturated rings. The van der Waals surface area contributed by atoms with Crippen LogP contribution in [0.25, 0.3) is 0 Å². The number of carbonyl (C=O) groups is 2. The molecule has 0 unspecified atom stereocenters. The molecule has 200 valence electrons. The summed E-state index contributed by atoms with van der Waals surface area (Å²) in [6, 6.07) is 22.9. The van der Waals surface area contributed by atoms with E-state index in [1.54, 1.807) is 17.0 Å². The molecule has 0 bridgehead atoms. The Morgan fingerprint density at radius 1 is 0.923 bits per heavy atom. The van der Waals surface area contributed by atoms with Gasteiger partial charge < -0.3 is 24.3 Å². The summed E-state index contributed by atoms with van der Waals surface area (Å²) >= 11 is 1.15. The summed E-state index contributed by atoms with van der Waals surface area (Å²) in [7, 11) is 0. The molecule has 3 aromatic carbocycles. The summed E-state index contributed by atoms with van der Waals surface area (Å²) in [5, 5.41) is 11.0. The van der Waals surface area contributed by atoms with Crippen molar-refractivity contribution in [2.24, 2.45) is 0 Å². The largest absolute Gasteiger partial charge is 0.484 e. The summed E-state index contributed by atoms with van der Waals surface area (Å²) < 4.78 is 25.1. The van der Waals surface area contributed by atoms with Crippen molar-refractivity contribution in [3.05, 3.63) is 96.1 Å². The Morgan fingerprint density at radius 3 is 2.38 bits per heavy atom. The fourth-order valence-electron chi connectivity index (χ4n) is 4.07. The Morgan fingerprint density at radius 2 is 1.64 bits per heavy atom. The third kappa shape index (κ3) is 6.94. The smallest absolute Gasteiger partial charge is 0.277 e. The fraction of sp³-hybridized carbons (Fsp3) is 0.214. The van der Waals surface area contributed by atoms with E-state index in [0.29, 0.717) is 48.7 Å². The number of halogens is 1. The number of aromatic nitrogens is 2. The summed E-state index contributed by atoms with van der Waals surface area (Å²) in [5.74, 6) is 0.147. The highest BCUT2D eigenvalue weighted by Gasteiger charge is 2.24. The number of benzene rings is 3. The number of rotatable bonds is 9. The van der Waals surface area contributed by atoms with Crippen molar-refractivity contribution in [2.45, 2.75) is 11.8 Å². The quantitative estimate of drug-likeness (QED) is 0.306. The van der Waals surface area contributed by atoms with E-state index in [4.69, 9.17) is 9.15 Å². The zero-order chi connectivity index (χ0) is 27.0. The van der Waals surface area contributed by atoms with Gasteiger partial charge in [0, 0.05) is 37.6 Å². The van der Waals surface area contributed by atoms with Gasteiger partial charge in [0.1, 0.15) is 11.6 Å². The lowest BCUT2D eigenvalue weighted by Gasteiger charge is -2.36. The maximum atomic E-state index is 14.0. The van der Waals surface area contributed by atoms with Crippen molar-refractivity contribution in [1.29, 1.82) is 0 Å². The number of amides is 2. The van der Waals surface area contributed by atoms with E-state index in [2.05, 4.69) is 20.4 Å². The summed E-state index contributed by atoms with van der Waals surface area (Å²) in [4.78, 5) is 28.9. The minimum absolute atomic E-state index is 0.0980. The first-order valence-corrected chi connectivity index (χ1v) is 13.4. The molecule has 1 N–H and O–H groups in total. The number of ether oxygens (including phenoxy) is 1. The van der Waals surface area contributed by atoms with Crippen molar-refractivity contribution >= 4 is 35.0 Å². The van der Waals surface area contributed by atoms with E-state index in [-0.39, 0.29) is 29.7 Å². The number of nitrogens with zero attached hydrogens (tertiary/aromatic N) is 4. The predicted octanol–water partition coefficient (Wildman–Crippen LogP) is 4.48. The Kier molecular flexibility index (Phi) is 8.37. The van der Waals surface area contributed by atoms with Crippen LogP contribution in [0.1, 0.15) is 16.2 Å². The number of carbonyl (C=O) groups excluding carboxylic acids is 2. The number of hydrogen-bond acceptors (Lipinski definition) is 8.